The van der Waals surface area contributed by atoms with E-state index >= 15 is 0 Å². The zero-order valence-corrected chi connectivity index (χ0v) is 20.1. The van der Waals surface area contributed by atoms with Crippen molar-refractivity contribution in [3.8, 4) is 11.5 Å². The number of carboxylic acid groups (broad SMARTS) is 1. The molecule has 0 radical (unpaired) electrons. The van der Waals surface area contributed by atoms with Crippen molar-refractivity contribution in [2.24, 2.45) is 5.92 Å². The number of nitrogens with one attached hydrogen (secondary N) is 1. The minimum Gasteiger partial charge on any atom is -0.497 e. The summed E-state index contributed by atoms with van der Waals surface area (Å²) < 4.78 is 43.9. The van der Waals surface area contributed by atoms with Crippen LogP contribution in [-0.4, -0.2) is 59.4 Å². The van der Waals surface area contributed by atoms with Gasteiger partial charge in [0, 0.05) is 24.8 Å². The number of esters is 1. The molecule has 34 heavy (non-hydrogen) atoms. The molecule has 0 bridgehead atoms. The van der Waals surface area contributed by atoms with Crippen molar-refractivity contribution in [2.75, 3.05) is 43.5 Å². The summed E-state index contributed by atoms with van der Waals surface area (Å²) in [5.41, 5.74) is 0.399. The Labute approximate surface area is 198 Å². The summed E-state index contributed by atoms with van der Waals surface area (Å²) in [6.45, 7) is 2.91. The number of carboxylic acids is 1. The van der Waals surface area contributed by atoms with Gasteiger partial charge in [-0.3, -0.25) is 9.52 Å². The van der Waals surface area contributed by atoms with Gasteiger partial charge >= 0.3 is 11.9 Å². The Morgan fingerprint density at radius 1 is 1.15 bits per heavy atom. The Hall–Kier alpha value is -3.47. The van der Waals surface area contributed by atoms with E-state index < -0.39 is 16.0 Å². The third-order valence-electron chi connectivity index (χ3n) is 5.52. The summed E-state index contributed by atoms with van der Waals surface area (Å²) in [5.74, 6) is -1.44. The fourth-order valence-corrected chi connectivity index (χ4v) is 5.13. The Balaban J connectivity index is 1.90. The van der Waals surface area contributed by atoms with E-state index in [4.69, 9.17) is 14.2 Å². The Morgan fingerprint density at radius 2 is 1.91 bits per heavy atom. The molecule has 2 N–H and O–H groups in total. The van der Waals surface area contributed by atoms with Crippen LogP contribution in [0.1, 0.15) is 30.1 Å². The molecule has 0 aliphatic carbocycles. The van der Waals surface area contributed by atoms with Gasteiger partial charge in [0.15, 0.2) is 0 Å². The second-order valence-electron chi connectivity index (χ2n) is 7.70. The minimum atomic E-state index is -4.12. The average molecular weight is 493 g/mol. The van der Waals surface area contributed by atoms with Crippen molar-refractivity contribution in [3.05, 3.63) is 42.0 Å². The molecular formula is C23H28N2O8S. The van der Waals surface area contributed by atoms with Crippen molar-refractivity contribution < 1.29 is 37.3 Å². The number of sulfonamides is 1. The van der Waals surface area contributed by atoms with Crippen molar-refractivity contribution in [2.45, 2.75) is 24.7 Å². The first-order valence-corrected chi connectivity index (χ1v) is 12.2. The quantitative estimate of drug-likeness (QED) is 0.507. The highest BCUT2D eigenvalue weighted by molar-refractivity contribution is 7.92. The van der Waals surface area contributed by atoms with Crippen LogP contribution in [0.15, 0.2) is 41.3 Å². The normalized spacial score (nSPS) is 16.0. The van der Waals surface area contributed by atoms with Crippen molar-refractivity contribution in [1.29, 1.82) is 0 Å². The molecule has 184 valence electrons. The highest BCUT2D eigenvalue weighted by Crippen LogP contribution is 2.32. The van der Waals surface area contributed by atoms with Gasteiger partial charge in [0.25, 0.3) is 10.0 Å². The molecule has 1 saturated heterocycles. The second kappa shape index (κ2) is 10.6. The average Bonchev–Trinajstić information content (AvgIpc) is 2.83. The van der Waals surface area contributed by atoms with Crippen LogP contribution in [0.25, 0.3) is 0 Å². The van der Waals surface area contributed by atoms with Crippen molar-refractivity contribution >= 4 is 33.3 Å². The molecule has 1 aliphatic rings. The lowest BCUT2D eigenvalue weighted by Crippen LogP contribution is -2.40. The molecule has 10 nitrogen and oxygen atoms in total. The summed E-state index contributed by atoms with van der Waals surface area (Å²) in [4.78, 5) is 25.9. The van der Waals surface area contributed by atoms with Crippen LogP contribution in [0.4, 0.5) is 11.4 Å². The maximum absolute atomic E-state index is 13.0. The monoisotopic (exact) mass is 492 g/mol. The van der Waals surface area contributed by atoms with E-state index in [1.807, 2.05) is 4.90 Å². The number of carbonyl (C=O) groups excluding carboxylic acids is 1. The maximum Gasteiger partial charge on any atom is 0.337 e. The summed E-state index contributed by atoms with van der Waals surface area (Å²) in [7, 11) is -1.36. The van der Waals surface area contributed by atoms with E-state index in [0.717, 1.165) is 0 Å². The first-order chi connectivity index (χ1) is 16.2. The first kappa shape index (κ1) is 25.2. The fraction of sp³-hybridized carbons (Fsp3) is 0.391. The first-order valence-electron chi connectivity index (χ1n) is 10.7. The molecule has 0 saturated carbocycles. The van der Waals surface area contributed by atoms with Crippen LogP contribution < -0.4 is 19.1 Å². The molecule has 1 fully saturated rings. The van der Waals surface area contributed by atoms with Gasteiger partial charge in [-0.1, -0.05) is 0 Å². The molecule has 1 aliphatic heterocycles. The lowest BCUT2D eigenvalue weighted by atomic mass is 9.97. The minimum absolute atomic E-state index is 0.0741. The third-order valence-corrected chi connectivity index (χ3v) is 6.92. The van der Waals surface area contributed by atoms with Crippen LogP contribution in [0.5, 0.6) is 11.5 Å². The number of anilines is 2. The zero-order valence-electron chi connectivity index (χ0n) is 19.2. The molecule has 3 rings (SSSR count). The van der Waals surface area contributed by atoms with Gasteiger partial charge < -0.3 is 24.2 Å². The molecule has 1 heterocycles. The molecule has 2 aromatic rings. The molecule has 0 unspecified atom stereocenters. The number of methoxy groups -OCH3 is 2. The number of aromatic carboxylic acids is 1. The predicted molar refractivity (Wildman–Crippen MR) is 125 cm³/mol. The van der Waals surface area contributed by atoms with Gasteiger partial charge in [0.1, 0.15) is 16.4 Å². The molecule has 1 atom stereocenters. The lowest BCUT2D eigenvalue weighted by molar-refractivity contribution is -0.148. The van der Waals surface area contributed by atoms with Gasteiger partial charge in [-0.2, -0.15) is 0 Å². The van der Waals surface area contributed by atoms with Crippen LogP contribution in [0.2, 0.25) is 0 Å². The van der Waals surface area contributed by atoms with Gasteiger partial charge in [0.2, 0.25) is 0 Å². The number of hydrogen-bond acceptors (Lipinski definition) is 8. The van der Waals surface area contributed by atoms with E-state index in [9.17, 15) is 23.1 Å². The van der Waals surface area contributed by atoms with E-state index in [2.05, 4.69) is 4.72 Å². The highest BCUT2D eigenvalue weighted by Gasteiger charge is 2.29. The number of carbonyl (C=O) groups is 2. The van der Waals surface area contributed by atoms with E-state index in [1.54, 1.807) is 13.0 Å². The molecule has 0 amide bonds. The van der Waals surface area contributed by atoms with Crippen molar-refractivity contribution in [1.82, 2.24) is 0 Å². The standard InChI is InChI=1S/C23H28N2O8S/c1-4-33-23(28)15-6-5-11-25(14-15)19-9-7-16(12-18(19)22(26)27)24-34(29,30)21-13-17(31-2)8-10-20(21)32-3/h7-10,12-13,15,24H,4-6,11,14H2,1-3H3,(H,26,27)/t15-/m0/s1. The largest absolute Gasteiger partial charge is 0.497 e. The van der Waals surface area contributed by atoms with E-state index in [-0.39, 0.29) is 40.4 Å². The van der Waals surface area contributed by atoms with E-state index in [1.165, 1.54) is 44.6 Å². The number of piperidine rings is 1. The van der Waals surface area contributed by atoms with Crippen LogP contribution >= 0.6 is 0 Å². The third kappa shape index (κ3) is 5.53. The smallest absolute Gasteiger partial charge is 0.337 e. The van der Waals surface area contributed by atoms with Crippen LogP contribution in [0.3, 0.4) is 0 Å². The zero-order chi connectivity index (χ0) is 24.9. The molecule has 0 spiro atoms. The number of ether oxygens (including phenoxy) is 3. The number of nitrogens with zero attached hydrogens (tertiary/aromatic N) is 1. The number of benzene rings is 2. The highest BCUT2D eigenvalue weighted by atomic mass is 32.2. The Bertz CT molecular complexity index is 1170. The number of hydrogen-bond donors (Lipinski definition) is 2. The van der Waals surface area contributed by atoms with Gasteiger partial charge in [-0.05, 0) is 50.1 Å². The van der Waals surface area contributed by atoms with Crippen molar-refractivity contribution in [3.63, 3.8) is 0 Å². The molecule has 11 heteroatoms. The number of rotatable bonds is 9. The van der Waals surface area contributed by atoms with Gasteiger partial charge in [-0.15, -0.1) is 0 Å². The molecule has 2 aromatic carbocycles. The Kier molecular flexibility index (Phi) is 7.87. The van der Waals surface area contributed by atoms with Crippen LogP contribution in [0, 0.1) is 5.92 Å². The SMILES string of the molecule is CCOC(=O)[C@H]1CCCN(c2ccc(NS(=O)(=O)c3cc(OC)ccc3OC)cc2C(=O)O)C1. The van der Waals surface area contributed by atoms with Gasteiger partial charge in [0.05, 0.1) is 38.0 Å². The lowest BCUT2D eigenvalue weighted by Gasteiger charge is -2.34. The topological polar surface area (TPSA) is 131 Å². The summed E-state index contributed by atoms with van der Waals surface area (Å²) >= 11 is 0. The summed E-state index contributed by atoms with van der Waals surface area (Å²) in [5, 5.41) is 9.81. The maximum atomic E-state index is 13.0. The summed E-state index contributed by atoms with van der Waals surface area (Å²) in [6, 6.07) is 8.64. The summed E-state index contributed by atoms with van der Waals surface area (Å²) in [6.07, 6.45) is 1.37. The fourth-order valence-electron chi connectivity index (χ4n) is 3.90. The molecular weight excluding hydrogens is 464 g/mol. The van der Waals surface area contributed by atoms with E-state index in [0.29, 0.717) is 37.4 Å². The van der Waals surface area contributed by atoms with Gasteiger partial charge in [-0.25, -0.2) is 13.2 Å². The second-order valence-corrected chi connectivity index (χ2v) is 9.35. The predicted octanol–water partition coefficient (Wildman–Crippen LogP) is 2.98. The molecule has 0 aromatic heterocycles. The Morgan fingerprint density at radius 3 is 2.56 bits per heavy atom. The van der Waals surface area contributed by atoms with Crippen LogP contribution in [-0.2, 0) is 19.6 Å².